The molecule has 0 spiro atoms. The van der Waals surface area contributed by atoms with E-state index in [9.17, 15) is 29.4 Å². The standard InChI is InChI=1S/C24H34N6O6S/c1-13(2)7-18(22(33)30-20(24(35)36)9-15-10-26-12-27-15)29-23(34)19(28-21(32)17(25)11-37)8-14-3-5-16(31)6-4-14/h3-6,10,12-13,17-20,31,37H,7-9,11,25H2,1-2H3,(H,26,27)(H,28,32)(H,29,34)(H,30,33)(H,35,36). The van der Waals surface area contributed by atoms with Gasteiger partial charge in [0, 0.05) is 30.5 Å². The summed E-state index contributed by atoms with van der Waals surface area (Å²) in [7, 11) is 0. The van der Waals surface area contributed by atoms with E-state index >= 15 is 0 Å². The van der Waals surface area contributed by atoms with Gasteiger partial charge < -0.3 is 36.9 Å². The van der Waals surface area contributed by atoms with Crippen molar-refractivity contribution < 1.29 is 29.4 Å². The van der Waals surface area contributed by atoms with Crippen molar-refractivity contribution in [2.45, 2.75) is 57.3 Å². The lowest BCUT2D eigenvalue weighted by atomic mass is 10.00. The van der Waals surface area contributed by atoms with Crippen molar-refractivity contribution >= 4 is 36.3 Å². The molecule has 4 atom stereocenters. The number of hydrogen-bond donors (Lipinski definition) is 8. The van der Waals surface area contributed by atoms with Gasteiger partial charge in [0.15, 0.2) is 0 Å². The second-order valence-electron chi connectivity index (χ2n) is 9.09. The maximum Gasteiger partial charge on any atom is 0.326 e. The van der Waals surface area contributed by atoms with Crippen LogP contribution in [0.5, 0.6) is 5.75 Å². The van der Waals surface area contributed by atoms with Crippen LogP contribution < -0.4 is 21.7 Å². The van der Waals surface area contributed by atoms with Crippen LogP contribution in [0.3, 0.4) is 0 Å². The van der Waals surface area contributed by atoms with Crippen LogP contribution in [0.15, 0.2) is 36.8 Å². The fraction of sp³-hybridized carbons (Fsp3) is 0.458. The number of benzene rings is 1. The number of aliphatic carboxylic acids is 1. The summed E-state index contributed by atoms with van der Waals surface area (Å²) < 4.78 is 0. The molecule has 37 heavy (non-hydrogen) atoms. The number of carbonyl (C=O) groups is 4. The average molecular weight is 535 g/mol. The van der Waals surface area contributed by atoms with Crippen LogP contribution in [-0.4, -0.2) is 73.8 Å². The number of nitrogens with two attached hydrogens (primary N) is 1. The summed E-state index contributed by atoms with van der Waals surface area (Å²) in [4.78, 5) is 57.2. The molecule has 2 aromatic rings. The molecule has 1 aromatic heterocycles. The van der Waals surface area contributed by atoms with Gasteiger partial charge in [-0.3, -0.25) is 14.4 Å². The minimum Gasteiger partial charge on any atom is -0.508 e. The number of H-pyrrole nitrogens is 1. The Hall–Kier alpha value is -3.58. The Labute approximate surface area is 220 Å². The van der Waals surface area contributed by atoms with Crippen LogP contribution in [0.1, 0.15) is 31.5 Å². The molecule has 0 aliphatic rings. The zero-order chi connectivity index (χ0) is 27.5. The average Bonchev–Trinajstić information content (AvgIpc) is 3.36. The molecule has 0 saturated heterocycles. The highest BCUT2D eigenvalue weighted by Gasteiger charge is 2.31. The van der Waals surface area contributed by atoms with Gasteiger partial charge in [-0.1, -0.05) is 26.0 Å². The predicted molar refractivity (Wildman–Crippen MR) is 139 cm³/mol. The molecule has 1 heterocycles. The first-order valence-corrected chi connectivity index (χ1v) is 12.4. The Kier molecular flexibility index (Phi) is 11.4. The van der Waals surface area contributed by atoms with E-state index < -0.39 is 47.9 Å². The van der Waals surface area contributed by atoms with Crippen molar-refractivity contribution in [3.05, 3.63) is 48.0 Å². The summed E-state index contributed by atoms with van der Waals surface area (Å²) in [6, 6.07) is 1.75. The van der Waals surface area contributed by atoms with Crippen LogP contribution in [0, 0.1) is 5.92 Å². The molecule has 0 radical (unpaired) electrons. The number of aromatic amines is 1. The van der Waals surface area contributed by atoms with Gasteiger partial charge in [0.1, 0.15) is 23.9 Å². The Morgan fingerprint density at radius 3 is 2.11 bits per heavy atom. The van der Waals surface area contributed by atoms with Crippen molar-refractivity contribution in [1.82, 2.24) is 25.9 Å². The lowest BCUT2D eigenvalue weighted by Crippen LogP contribution is -2.58. The van der Waals surface area contributed by atoms with E-state index in [1.54, 1.807) is 12.1 Å². The number of carbonyl (C=O) groups excluding carboxylic acids is 3. The Morgan fingerprint density at radius 2 is 1.57 bits per heavy atom. The predicted octanol–water partition coefficient (Wildman–Crippen LogP) is -0.257. The van der Waals surface area contributed by atoms with Crippen LogP contribution >= 0.6 is 12.6 Å². The number of phenolic OH excluding ortho intramolecular Hbond substituents is 1. The zero-order valence-electron chi connectivity index (χ0n) is 20.7. The number of rotatable bonds is 14. The Bertz CT molecular complexity index is 1050. The zero-order valence-corrected chi connectivity index (χ0v) is 21.6. The molecule has 13 heteroatoms. The van der Waals surface area contributed by atoms with Gasteiger partial charge in [-0.25, -0.2) is 9.78 Å². The lowest BCUT2D eigenvalue weighted by molar-refractivity contribution is -0.142. The third-order valence-electron chi connectivity index (χ3n) is 5.48. The first kappa shape index (κ1) is 29.6. The van der Waals surface area contributed by atoms with E-state index in [4.69, 9.17) is 5.73 Å². The largest absolute Gasteiger partial charge is 0.508 e. The summed E-state index contributed by atoms with van der Waals surface area (Å²) in [5.41, 5.74) is 6.92. The normalized spacial score (nSPS) is 14.3. The number of aromatic hydroxyl groups is 1. The van der Waals surface area contributed by atoms with Gasteiger partial charge in [-0.2, -0.15) is 12.6 Å². The number of hydrogen-bond acceptors (Lipinski definition) is 8. The monoisotopic (exact) mass is 534 g/mol. The first-order valence-electron chi connectivity index (χ1n) is 11.8. The highest BCUT2D eigenvalue weighted by Crippen LogP contribution is 2.13. The second-order valence-corrected chi connectivity index (χ2v) is 9.46. The number of nitrogens with zero attached hydrogens (tertiary/aromatic N) is 1. The van der Waals surface area contributed by atoms with Crippen molar-refractivity contribution in [3.63, 3.8) is 0 Å². The fourth-order valence-electron chi connectivity index (χ4n) is 3.50. The summed E-state index contributed by atoms with van der Waals surface area (Å²) in [5.74, 6) is -3.06. The molecule has 12 nitrogen and oxygen atoms in total. The molecule has 0 aliphatic heterocycles. The number of carboxylic acid groups (broad SMARTS) is 1. The summed E-state index contributed by atoms with van der Waals surface area (Å²) in [6.45, 7) is 3.71. The minimum atomic E-state index is -1.25. The quantitative estimate of drug-likeness (QED) is 0.152. The second kappa shape index (κ2) is 14.2. The number of imidazole rings is 1. The number of nitrogens with one attached hydrogen (secondary N) is 4. The van der Waals surface area contributed by atoms with Crippen LogP contribution in [-0.2, 0) is 32.0 Å². The van der Waals surface area contributed by atoms with E-state index in [-0.39, 0.29) is 36.7 Å². The molecule has 1 aromatic carbocycles. The van der Waals surface area contributed by atoms with Gasteiger partial charge in [0.05, 0.1) is 12.4 Å². The lowest BCUT2D eigenvalue weighted by Gasteiger charge is -2.26. The van der Waals surface area contributed by atoms with Crippen LogP contribution in [0.2, 0.25) is 0 Å². The number of amides is 3. The third kappa shape index (κ3) is 9.77. The van der Waals surface area contributed by atoms with Crippen molar-refractivity contribution in [3.8, 4) is 5.75 Å². The fourth-order valence-corrected chi connectivity index (χ4v) is 3.67. The molecule has 2 rings (SSSR count). The number of thiol groups is 1. The van der Waals surface area contributed by atoms with Gasteiger partial charge in [-0.05, 0) is 30.0 Å². The third-order valence-corrected chi connectivity index (χ3v) is 5.87. The SMILES string of the molecule is CC(C)CC(NC(=O)C(Cc1ccc(O)cc1)NC(=O)C(N)CS)C(=O)NC(Cc1cnc[nH]1)C(=O)O. The molecule has 0 bridgehead atoms. The summed E-state index contributed by atoms with van der Waals surface area (Å²) in [6.07, 6.45) is 3.13. The highest BCUT2D eigenvalue weighted by molar-refractivity contribution is 7.80. The van der Waals surface area contributed by atoms with E-state index in [1.165, 1.54) is 24.7 Å². The first-order chi connectivity index (χ1) is 17.5. The van der Waals surface area contributed by atoms with Crippen LogP contribution in [0.25, 0.3) is 0 Å². The summed E-state index contributed by atoms with van der Waals surface area (Å²) in [5, 5.41) is 26.9. The van der Waals surface area contributed by atoms with Gasteiger partial charge >= 0.3 is 5.97 Å². The molecular weight excluding hydrogens is 500 g/mol. The molecule has 202 valence electrons. The maximum absolute atomic E-state index is 13.3. The van der Waals surface area contributed by atoms with Crippen LogP contribution in [0.4, 0.5) is 0 Å². The van der Waals surface area contributed by atoms with E-state index in [1.807, 2.05) is 13.8 Å². The molecule has 0 fully saturated rings. The van der Waals surface area contributed by atoms with Gasteiger partial charge in [0.25, 0.3) is 0 Å². The molecule has 8 N–H and O–H groups in total. The molecule has 0 aliphatic carbocycles. The number of carboxylic acids is 1. The maximum atomic E-state index is 13.3. The van der Waals surface area contributed by atoms with E-state index in [0.29, 0.717) is 11.3 Å². The molecular formula is C24H34N6O6S. The van der Waals surface area contributed by atoms with Gasteiger partial charge in [-0.15, -0.1) is 0 Å². The molecule has 3 amide bonds. The topological polar surface area (TPSA) is 200 Å². The molecule has 0 saturated carbocycles. The Balaban J connectivity index is 2.21. The minimum absolute atomic E-state index is 0.0188. The van der Waals surface area contributed by atoms with E-state index in [0.717, 1.165) is 0 Å². The highest BCUT2D eigenvalue weighted by atomic mass is 32.1. The van der Waals surface area contributed by atoms with Crippen molar-refractivity contribution in [2.75, 3.05) is 5.75 Å². The Morgan fingerprint density at radius 1 is 0.973 bits per heavy atom. The summed E-state index contributed by atoms with van der Waals surface area (Å²) >= 11 is 4.02. The molecule has 4 unspecified atom stereocenters. The van der Waals surface area contributed by atoms with E-state index in [2.05, 4.69) is 38.5 Å². The van der Waals surface area contributed by atoms with Gasteiger partial charge in [0.2, 0.25) is 17.7 Å². The number of aromatic nitrogens is 2. The van der Waals surface area contributed by atoms with Crippen molar-refractivity contribution in [2.24, 2.45) is 11.7 Å². The number of phenols is 1. The smallest absolute Gasteiger partial charge is 0.326 e. The van der Waals surface area contributed by atoms with Crippen molar-refractivity contribution in [1.29, 1.82) is 0 Å².